The minimum absolute atomic E-state index is 0.620. The van der Waals surface area contributed by atoms with Gasteiger partial charge in [-0.1, -0.05) is 62.4 Å². The monoisotopic (exact) mass is 222 g/mol. The van der Waals surface area contributed by atoms with Gasteiger partial charge in [0, 0.05) is 5.92 Å². The Balaban J connectivity index is 2.12. The summed E-state index contributed by atoms with van der Waals surface area (Å²) < 4.78 is 0. The highest BCUT2D eigenvalue weighted by Crippen LogP contribution is 2.38. The van der Waals surface area contributed by atoms with Gasteiger partial charge < -0.3 is 0 Å². The number of hydrogen-bond donors (Lipinski definition) is 0. The van der Waals surface area contributed by atoms with E-state index < -0.39 is 0 Å². The zero-order valence-electron chi connectivity index (χ0n) is 10.5. The van der Waals surface area contributed by atoms with Gasteiger partial charge in [0.05, 0.1) is 0 Å². The van der Waals surface area contributed by atoms with Crippen LogP contribution in [0.15, 0.2) is 42.5 Å². The summed E-state index contributed by atoms with van der Waals surface area (Å²) in [6, 6.07) is 13.2. The van der Waals surface area contributed by atoms with E-state index in [-0.39, 0.29) is 0 Å². The van der Waals surface area contributed by atoms with Crippen LogP contribution < -0.4 is 0 Å². The molecule has 2 aromatic rings. The number of benzene rings is 2. The first kappa shape index (κ1) is 10.6. The van der Waals surface area contributed by atoms with Gasteiger partial charge in [0.2, 0.25) is 0 Å². The SMILES string of the molecule is CC(C)CC1C=Cc2c1ccc1ccccc21. The maximum Gasteiger partial charge on any atom is 0.00298 e. The highest BCUT2D eigenvalue weighted by Gasteiger charge is 2.19. The van der Waals surface area contributed by atoms with E-state index in [0.717, 1.165) is 5.92 Å². The van der Waals surface area contributed by atoms with E-state index in [1.54, 1.807) is 0 Å². The van der Waals surface area contributed by atoms with Crippen molar-refractivity contribution in [2.75, 3.05) is 0 Å². The van der Waals surface area contributed by atoms with Crippen molar-refractivity contribution < 1.29 is 0 Å². The summed E-state index contributed by atoms with van der Waals surface area (Å²) in [6.45, 7) is 4.60. The second-order valence-electron chi connectivity index (χ2n) is 5.38. The second-order valence-corrected chi connectivity index (χ2v) is 5.38. The topological polar surface area (TPSA) is 0 Å². The molecular weight excluding hydrogens is 204 g/mol. The standard InChI is InChI=1S/C17H18/c1-12(2)11-14-8-10-17-15-6-4-3-5-13(15)7-9-16(14)17/h3-10,12,14H,11H2,1-2H3. The van der Waals surface area contributed by atoms with Gasteiger partial charge in [-0.15, -0.1) is 0 Å². The molecule has 0 heteroatoms. The molecule has 2 aromatic carbocycles. The molecule has 1 aliphatic carbocycles. The molecule has 1 unspecified atom stereocenters. The van der Waals surface area contributed by atoms with Crippen LogP contribution in [0.5, 0.6) is 0 Å². The first-order valence-electron chi connectivity index (χ1n) is 6.45. The highest BCUT2D eigenvalue weighted by molar-refractivity contribution is 5.93. The zero-order valence-corrected chi connectivity index (χ0v) is 10.5. The second kappa shape index (κ2) is 4.03. The summed E-state index contributed by atoms with van der Waals surface area (Å²) in [6.07, 6.45) is 5.93. The Labute approximate surface area is 103 Å². The Morgan fingerprint density at radius 2 is 1.88 bits per heavy atom. The normalized spacial score (nSPS) is 17.9. The third-order valence-corrected chi connectivity index (χ3v) is 3.62. The molecule has 0 amide bonds. The Kier molecular flexibility index (Phi) is 2.51. The van der Waals surface area contributed by atoms with Crippen LogP contribution in [-0.2, 0) is 0 Å². The van der Waals surface area contributed by atoms with Crippen LogP contribution in [0.3, 0.4) is 0 Å². The molecule has 0 nitrogen and oxygen atoms in total. The van der Waals surface area contributed by atoms with Gasteiger partial charge in [-0.2, -0.15) is 0 Å². The third-order valence-electron chi connectivity index (χ3n) is 3.62. The number of hydrogen-bond acceptors (Lipinski definition) is 0. The molecule has 0 spiro atoms. The summed E-state index contributed by atoms with van der Waals surface area (Å²) in [5.74, 6) is 1.37. The smallest absolute Gasteiger partial charge is 0.00298 e. The van der Waals surface area contributed by atoms with Crippen LogP contribution in [0.4, 0.5) is 0 Å². The van der Waals surface area contributed by atoms with Gasteiger partial charge in [-0.05, 0) is 34.2 Å². The molecule has 0 aromatic heterocycles. The molecule has 0 heterocycles. The zero-order chi connectivity index (χ0) is 11.8. The van der Waals surface area contributed by atoms with E-state index >= 15 is 0 Å². The van der Waals surface area contributed by atoms with E-state index in [1.165, 1.54) is 28.3 Å². The summed E-state index contributed by atoms with van der Waals surface area (Å²) in [4.78, 5) is 0. The fourth-order valence-corrected chi connectivity index (χ4v) is 2.85. The summed E-state index contributed by atoms with van der Waals surface area (Å²) in [5.41, 5.74) is 2.95. The van der Waals surface area contributed by atoms with Gasteiger partial charge in [-0.25, -0.2) is 0 Å². The van der Waals surface area contributed by atoms with Crippen LogP contribution >= 0.6 is 0 Å². The first-order chi connectivity index (χ1) is 8.25. The average Bonchev–Trinajstić information content (AvgIpc) is 2.72. The average molecular weight is 222 g/mol. The molecule has 0 radical (unpaired) electrons. The minimum atomic E-state index is 0.620. The number of allylic oxidation sites excluding steroid dienone is 1. The summed E-state index contributed by atoms with van der Waals surface area (Å²) in [5, 5.41) is 2.74. The van der Waals surface area contributed by atoms with Gasteiger partial charge in [0.15, 0.2) is 0 Å². The van der Waals surface area contributed by atoms with Gasteiger partial charge in [-0.3, -0.25) is 0 Å². The van der Waals surface area contributed by atoms with E-state index in [1.807, 2.05) is 0 Å². The molecule has 0 fully saturated rings. The maximum atomic E-state index is 2.37. The first-order valence-corrected chi connectivity index (χ1v) is 6.45. The van der Waals surface area contributed by atoms with Crippen LogP contribution in [0, 0.1) is 5.92 Å². The summed E-state index contributed by atoms with van der Waals surface area (Å²) in [7, 11) is 0. The third kappa shape index (κ3) is 1.78. The maximum absolute atomic E-state index is 2.37. The molecule has 0 aliphatic heterocycles. The number of rotatable bonds is 2. The summed E-state index contributed by atoms with van der Waals surface area (Å²) >= 11 is 0. The van der Waals surface area contributed by atoms with Crippen molar-refractivity contribution in [3.63, 3.8) is 0 Å². The molecule has 3 rings (SSSR count). The lowest BCUT2D eigenvalue weighted by molar-refractivity contribution is 0.553. The quantitative estimate of drug-likeness (QED) is 0.671. The lowest BCUT2D eigenvalue weighted by Crippen LogP contribution is -1.98. The fraction of sp³-hybridized carbons (Fsp3) is 0.294. The molecule has 17 heavy (non-hydrogen) atoms. The number of fused-ring (bicyclic) bond motifs is 3. The van der Waals surface area contributed by atoms with E-state index in [0.29, 0.717) is 5.92 Å². The van der Waals surface area contributed by atoms with Crippen molar-refractivity contribution in [2.24, 2.45) is 5.92 Å². The van der Waals surface area contributed by atoms with E-state index in [9.17, 15) is 0 Å². The highest BCUT2D eigenvalue weighted by atomic mass is 14.2. The molecule has 1 aliphatic rings. The Morgan fingerprint density at radius 3 is 2.71 bits per heavy atom. The molecule has 0 N–H and O–H groups in total. The van der Waals surface area contributed by atoms with E-state index in [4.69, 9.17) is 0 Å². The molecule has 0 saturated heterocycles. The molecule has 86 valence electrons. The Morgan fingerprint density at radius 1 is 1.06 bits per heavy atom. The Hall–Kier alpha value is -1.56. The molecule has 1 atom stereocenters. The van der Waals surface area contributed by atoms with Crippen molar-refractivity contribution in [3.05, 3.63) is 53.6 Å². The molecular formula is C17H18. The van der Waals surface area contributed by atoms with Crippen molar-refractivity contribution >= 4 is 16.8 Å². The lowest BCUT2D eigenvalue weighted by Gasteiger charge is -2.14. The predicted octanol–water partition coefficient (Wildman–Crippen LogP) is 5.00. The largest absolute Gasteiger partial charge is 0.0764 e. The molecule has 0 saturated carbocycles. The van der Waals surface area contributed by atoms with Crippen molar-refractivity contribution in [1.82, 2.24) is 0 Å². The van der Waals surface area contributed by atoms with E-state index in [2.05, 4.69) is 62.4 Å². The van der Waals surface area contributed by atoms with Crippen LogP contribution in [0.2, 0.25) is 0 Å². The fourth-order valence-electron chi connectivity index (χ4n) is 2.85. The van der Waals surface area contributed by atoms with Crippen molar-refractivity contribution in [3.8, 4) is 0 Å². The van der Waals surface area contributed by atoms with Crippen LogP contribution in [0.25, 0.3) is 16.8 Å². The lowest BCUT2D eigenvalue weighted by atomic mass is 9.90. The van der Waals surface area contributed by atoms with Crippen LogP contribution in [-0.4, -0.2) is 0 Å². The van der Waals surface area contributed by atoms with Crippen molar-refractivity contribution in [1.29, 1.82) is 0 Å². The van der Waals surface area contributed by atoms with Crippen molar-refractivity contribution in [2.45, 2.75) is 26.2 Å². The predicted molar refractivity (Wildman–Crippen MR) is 75.2 cm³/mol. The van der Waals surface area contributed by atoms with Crippen LogP contribution in [0.1, 0.15) is 37.3 Å². The van der Waals surface area contributed by atoms with Gasteiger partial charge in [0.25, 0.3) is 0 Å². The Bertz CT molecular complexity index is 576. The minimum Gasteiger partial charge on any atom is -0.0764 e. The van der Waals surface area contributed by atoms with Gasteiger partial charge in [0.1, 0.15) is 0 Å². The van der Waals surface area contributed by atoms with Gasteiger partial charge >= 0.3 is 0 Å². The molecule has 0 bridgehead atoms.